The van der Waals surface area contributed by atoms with Crippen LogP contribution in [-0.2, 0) is 4.79 Å². The van der Waals surface area contributed by atoms with Gasteiger partial charge in [0.05, 0.1) is 5.75 Å². The molecule has 6 heteroatoms. The quantitative estimate of drug-likeness (QED) is 0.670. The van der Waals surface area contributed by atoms with Gasteiger partial charge in [-0.15, -0.1) is 11.8 Å². The first-order valence-corrected chi connectivity index (χ1v) is 7.18. The molecule has 110 valence electrons. The van der Waals surface area contributed by atoms with Crippen LogP contribution in [0.1, 0.15) is 5.56 Å². The van der Waals surface area contributed by atoms with Gasteiger partial charge in [0.1, 0.15) is 0 Å². The number of rotatable bonds is 4. The standard InChI is InChI=1S/C15H14F2N2OS/c1-9-2-5-13(18)14(6-9)21-8-15(20)19-10-3-4-11(16)12(17)7-10/h2-7H,8,18H2,1H3,(H,19,20). The third kappa shape index (κ3) is 4.19. The van der Waals surface area contributed by atoms with Crippen molar-refractivity contribution in [2.75, 3.05) is 16.8 Å². The maximum atomic E-state index is 13.0. The van der Waals surface area contributed by atoms with Crippen LogP contribution in [0.5, 0.6) is 0 Å². The van der Waals surface area contributed by atoms with E-state index in [1.165, 1.54) is 17.8 Å². The van der Waals surface area contributed by atoms with Gasteiger partial charge in [0.25, 0.3) is 0 Å². The van der Waals surface area contributed by atoms with Crippen molar-refractivity contribution >= 4 is 29.0 Å². The fraction of sp³-hybridized carbons (Fsp3) is 0.133. The minimum absolute atomic E-state index is 0.132. The fourth-order valence-corrected chi connectivity index (χ4v) is 2.54. The summed E-state index contributed by atoms with van der Waals surface area (Å²) in [6.45, 7) is 1.94. The average molecular weight is 308 g/mol. The van der Waals surface area contributed by atoms with Crippen LogP contribution in [0.15, 0.2) is 41.3 Å². The first-order valence-electron chi connectivity index (χ1n) is 6.19. The lowest BCUT2D eigenvalue weighted by Crippen LogP contribution is -2.14. The molecule has 0 aliphatic heterocycles. The van der Waals surface area contributed by atoms with Crippen LogP contribution < -0.4 is 11.1 Å². The molecule has 0 saturated heterocycles. The van der Waals surface area contributed by atoms with Crippen LogP contribution in [0.25, 0.3) is 0 Å². The molecule has 0 radical (unpaired) electrons. The van der Waals surface area contributed by atoms with Gasteiger partial charge in [-0.25, -0.2) is 8.78 Å². The average Bonchev–Trinajstić information content (AvgIpc) is 2.44. The number of amides is 1. The maximum Gasteiger partial charge on any atom is 0.234 e. The van der Waals surface area contributed by atoms with E-state index in [0.29, 0.717) is 5.69 Å². The number of benzene rings is 2. The number of nitrogen functional groups attached to an aromatic ring is 1. The summed E-state index contributed by atoms with van der Waals surface area (Å²) >= 11 is 1.29. The SMILES string of the molecule is Cc1ccc(N)c(SCC(=O)Nc2ccc(F)c(F)c2)c1. The molecule has 0 atom stereocenters. The van der Waals surface area contributed by atoms with Gasteiger partial charge in [-0.3, -0.25) is 4.79 Å². The largest absolute Gasteiger partial charge is 0.398 e. The Hall–Kier alpha value is -2.08. The lowest BCUT2D eigenvalue weighted by atomic mass is 10.2. The minimum Gasteiger partial charge on any atom is -0.398 e. The van der Waals surface area contributed by atoms with Gasteiger partial charge >= 0.3 is 0 Å². The molecule has 3 N–H and O–H groups in total. The number of aryl methyl sites for hydroxylation is 1. The number of carbonyl (C=O) groups is 1. The second-order valence-electron chi connectivity index (χ2n) is 4.51. The zero-order chi connectivity index (χ0) is 15.4. The summed E-state index contributed by atoms with van der Waals surface area (Å²) in [7, 11) is 0. The predicted molar refractivity (Wildman–Crippen MR) is 81.3 cm³/mol. The normalized spacial score (nSPS) is 10.4. The molecule has 0 bridgehead atoms. The number of thioether (sulfide) groups is 1. The Balaban J connectivity index is 1.95. The molecule has 0 aliphatic rings. The van der Waals surface area contributed by atoms with Gasteiger partial charge < -0.3 is 11.1 Å². The highest BCUT2D eigenvalue weighted by molar-refractivity contribution is 8.00. The van der Waals surface area contributed by atoms with Gasteiger partial charge in [-0.05, 0) is 36.8 Å². The van der Waals surface area contributed by atoms with Gasteiger partial charge in [-0.1, -0.05) is 6.07 Å². The van der Waals surface area contributed by atoms with Crippen LogP contribution in [0.2, 0.25) is 0 Å². The Kier molecular flexibility index (Phi) is 4.80. The van der Waals surface area contributed by atoms with E-state index in [1.807, 2.05) is 19.1 Å². The van der Waals surface area contributed by atoms with E-state index in [4.69, 9.17) is 5.73 Å². The molecule has 0 unspecified atom stereocenters. The smallest absolute Gasteiger partial charge is 0.234 e. The molecule has 0 heterocycles. The molecule has 0 aliphatic carbocycles. The number of nitrogens with one attached hydrogen (secondary N) is 1. The van der Waals surface area contributed by atoms with E-state index in [0.717, 1.165) is 22.6 Å². The van der Waals surface area contributed by atoms with E-state index in [2.05, 4.69) is 5.32 Å². The zero-order valence-corrected chi connectivity index (χ0v) is 12.1. The second kappa shape index (κ2) is 6.58. The van der Waals surface area contributed by atoms with Crippen molar-refractivity contribution < 1.29 is 13.6 Å². The van der Waals surface area contributed by atoms with Crippen molar-refractivity contribution in [2.24, 2.45) is 0 Å². The second-order valence-corrected chi connectivity index (χ2v) is 5.52. The molecule has 0 spiro atoms. The molecule has 1 amide bonds. The van der Waals surface area contributed by atoms with Crippen LogP contribution in [0.4, 0.5) is 20.2 Å². The Bertz CT molecular complexity index is 677. The van der Waals surface area contributed by atoms with E-state index in [-0.39, 0.29) is 17.3 Å². The summed E-state index contributed by atoms with van der Waals surface area (Å²) < 4.78 is 25.8. The summed E-state index contributed by atoms with van der Waals surface area (Å²) in [6, 6.07) is 8.79. The summed E-state index contributed by atoms with van der Waals surface area (Å²) in [6.07, 6.45) is 0. The lowest BCUT2D eigenvalue weighted by molar-refractivity contribution is -0.113. The third-order valence-electron chi connectivity index (χ3n) is 2.73. The van der Waals surface area contributed by atoms with Crippen molar-refractivity contribution in [2.45, 2.75) is 11.8 Å². The highest BCUT2D eigenvalue weighted by Crippen LogP contribution is 2.26. The lowest BCUT2D eigenvalue weighted by Gasteiger charge is -2.08. The highest BCUT2D eigenvalue weighted by Gasteiger charge is 2.08. The van der Waals surface area contributed by atoms with Crippen molar-refractivity contribution in [3.63, 3.8) is 0 Å². The molecule has 21 heavy (non-hydrogen) atoms. The molecule has 0 aromatic heterocycles. The van der Waals surface area contributed by atoms with Crippen molar-refractivity contribution in [1.82, 2.24) is 0 Å². The van der Waals surface area contributed by atoms with E-state index in [1.54, 1.807) is 6.07 Å². The molecule has 0 saturated carbocycles. The number of hydrogen-bond acceptors (Lipinski definition) is 3. The van der Waals surface area contributed by atoms with Crippen molar-refractivity contribution in [1.29, 1.82) is 0 Å². The summed E-state index contributed by atoms with van der Waals surface area (Å²) in [5, 5.41) is 2.51. The van der Waals surface area contributed by atoms with Gasteiger partial charge in [0.15, 0.2) is 11.6 Å². The Morgan fingerprint density at radius 3 is 2.67 bits per heavy atom. The van der Waals surface area contributed by atoms with Gasteiger partial charge in [-0.2, -0.15) is 0 Å². The van der Waals surface area contributed by atoms with E-state index < -0.39 is 11.6 Å². The molecule has 3 nitrogen and oxygen atoms in total. The first-order chi connectivity index (χ1) is 9.95. The van der Waals surface area contributed by atoms with Crippen LogP contribution in [-0.4, -0.2) is 11.7 Å². The molecule has 2 aromatic carbocycles. The highest BCUT2D eigenvalue weighted by atomic mass is 32.2. The van der Waals surface area contributed by atoms with Crippen molar-refractivity contribution in [3.05, 3.63) is 53.6 Å². The summed E-state index contributed by atoms with van der Waals surface area (Å²) in [5.74, 6) is -2.13. The van der Waals surface area contributed by atoms with E-state index in [9.17, 15) is 13.6 Å². The maximum absolute atomic E-state index is 13.0. The monoisotopic (exact) mass is 308 g/mol. The molecule has 0 fully saturated rings. The Morgan fingerprint density at radius 2 is 1.95 bits per heavy atom. The molecule has 2 aromatic rings. The molecule has 2 rings (SSSR count). The van der Waals surface area contributed by atoms with Crippen molar-refractivity contribution in [3.8, 4) is 0 Å². The number of anilines is 2. The third-order valence-corrected chi connectivity index (χ3v) is 3.80. The van der Waals surface area contributed by atoms with Crippen LogP contribution in [0, 0.1) is 18.6 Å². The number of carbonyl (C=O) groups excluding carboxylic acids is 1. The summed E-state index contributed by atoms with van der Waals surface area (Å²) in [5.41, 5.74) is 7.69. The van der Waals surface area contributed by atoms with Gasteiger partial charge in [0, 0.05) is 22.3 Å². The Labute approximate surface area is 125 Å². The predicted octanol–water partition coefficient (Wildman–Crippen LogP) is 3.59. The number of hydrogen-bond donors (Lipinski definition) is 2. The van der Waals surface area contributed by atoms with Crippen LogP contribution >= 0.6 is 11.8 Å². The van der Waals surface area contributed by atoms with E-state index >= 15 is 0 Å². The summed E-state index contributed by atoms with van der Waals surface area (Å²) in [4.78, 5) is 12.6. The number of halogens is 2. The first kappa shape index (κ1) is 15.3. The molecular formula is C15H14F2N2OS. The topological polar surface area (TPSA) is 55.1 Å². The number of nitrogens with two attached hydrogens (primary N) is 1. The van der Waals surface area contributed by atoms with Gasteiger partial charge in [0.2, 0.25) is 5.91 Å². The van der Waals surface area contributed by atoms with Crippen LogP contribution in [0.3, 0.4) is 0 Å². The Morgan fingerprint density at radius 1 is 1.19 bits per heavy atom. The fourth-order valence-electron chi connectivity index (χ4n) is 1.68. The molecular weight excluding hydrogens is 294 g/mol. The minimum atomic E-state index is -0.997. The zero-order valence-electron chi connectivity index (χ0n) is 11.3.